The third-order valence-electron chi connectivity index (χ3n) is 3.85. The number of anilines is 1. The van der Waals surface area contributed by atoms with E-state index >= 15 is 0 Å². The number of rotatable bonds is 5. The molecule has 3 rings (SSSR count). The molecule has 0 bridgehead atoms. The molecule has 0 unspecified atom stereocenters. The fraction of sp³-hybridized carbons (Fsp3) is 0.158. The number of carbonyl (C=O) groups is 1. The molecule has 25 heavy (non-hydrogen) atoms. The van der Waals surface area contributed by atoms with Gasteiger partial charge in [0, 0.05) is 0 Å². The van der Waals surface area contributed by atoms with Crippen molar-refractivity contribution >= 4 is 34.5 Å². The first kappa shape index (κ1) is 17.5. The number of thiazole rings is 1. The maximum Gasteiger partial charge on any atom is 0.270 e. The molecule has 0 spiro atoms. The van der Waals surface area contributed by atoms with E-state index in [1.165, 1.54) is 11.3 Å². The van der Waals surface area contributed by atoms with E-state index in [1.807, 2.05) is 43.3 Å². The molecule has 0 aliphatic rings. The number of methoxy groups -OCH3 is 1. The van der Waals surface area contributed by atoms with Gasteiger partial charge in [0.05, 0.1) is 36.1 Å². The molecule has 0 aliphatic heterocycles. The summed E-state index contributed by atoms with van der Waals surface area (Å²) in [5, 5.41) is 0.548. The second kappa shape index (κ2) is 7.68. The number of ether oxygens (including phenoxy) is 1. The zero-order valence-electron chi connectivity index (χ0n) is 13.9. The average molecular weight is 373 g/mol. The zero-order chi connectivity index (χ0) is 17.8. The summed E-state index contributed by atoms with van der Waals surface area (Å²) < 4.78 is 5.20. The Hall–Kier alpha value is -2.37. The lowest BCUT2D eigenvalue weighted by Crippen LogP contribution is -2.30. The number of nitrogens with zero attached hydrogens (tertiary/aromatic N) is 2. The molecule has 1 aromatic heterocycles. The van der Waals surface area contributed by atoms with E-state index < -0.39 is 0 Å². The van der Waals surface area contributed by atoms with Crippen LogP contribution in [0.15, 0.2) is 54.2 Å². The van der Waals surface area contributed by atoms with E-state index in [0.717, 1.165) is 22.6 Å². The van der Waals surface area contributed by atoms with Gasteiger partial charge >= 0.3 is 0 Å². The number of carbonyl (C=O) groups excluding carboxylic acids is 1. The Morgan fingerprint density at radius 2 is 2.00 bits per heavy atom. The molecule has 128 valence electrons. The van der Waals surface area contributed by atoms with Crippen LogP contribution in [0.5, 0.6) is 5.75 Å². The topological polar surface area (TPSA) is 42.4 Å². The van der Waals surface area contributed by atoms with Gasteiger partial charge in [0.15, 0.2) is 0 Å². The highest BCUT2D eigenvalue weighted by Gasteiger charge is 2.23. The van der Waals surface area contributed by atoms with Gasteiger partial charge in [0.1, 0.15) is 10.6 Å². The summed E-state index contributed by atoms with van der Waals surface area (Å²) >= 11 is 7.73. The molecule has 0 radical (unpaired) electrons. The van der Waals surface area contributed by atoms with Crippen LogP contribution in [0.25, 0.3) is 0 Å². The zero-order valence-corrected chi connectivity index (χ0v) is 15.5. The van der Waals surface area contributed by atoms with Gasteiger partial charge in [-0.15, -0.1) is 11.3 Å². The predicted molar refractivity (Wildman–Crippen MR) is 102 cm³/mol. The number of aromatic nitrogens is 1. The van der Waals surface area contributed by atoms with E-state index in [-0.39, 0.29) is 5.91 Å². The normalized spacial score (nSPS) is 10.5. The second-order valence-corrected chi connectivity index (χ2v) is 6.80. The van der Waals surface area contributed by atoms with Crippen molar-refractivity contribution in [2.75, 3.05) is 12.0 Å². The quantitative estimate of drug-likeness (QED) is 0.635. The SMILES string of the molecule is COc1ccc(CN(C(=O)c2cncs2)c2c(C)cccc2Cl)cc1. The Morgan fingerprint density at radius 3 is 2.60 bits per heavy atom. The first-order valence-corrected chi connectivity index (χ1v) is 8.94. The van der Waals surface area contributed by atoms with Crippen molar-refractivity contribution in [2.45, 2.75) is 13.5 Å². The first-order valence-electron chi connectivity index (χ1n) is 7.68. The van der Waals surface area contributed by atoms with Crippen LogP contribution in [0.2, 0.25) is 5.02 Å². The molecular weight excluding hydrogens is 356 g/mol. The summed E-state index contributed by atoms with van der Waals surface area (Å²) in [4.78, 5) is 19.3. The van der Waals surface area contributed by atoms with E-state index in [4.69, 9.17) is 16.3 Å². The predicted octanol–water partition coefficient (Wildman–Crippen LogP) is 4.96. The average Bonchev–Trinajstić information content (AvgIpc) is 3.15. The van der Waals surface area contributed by atoms with Crippen LogP contribution in [0.4, 0.5) is 5.69 Å². The summed E-state index contributed by atoms with van der Waals surface area (Å²) in [5.74, 6) is 0.660. The largest absolute Gasteiger partial charge is 0.497 e. The van der Waals surface area contributed by atoms with E-state index in [1.54, 1.807) is 29.8 Å². The summed E-state index contributed by atoms with van der Waals surface area (Å²) in [6, 6.07) is 13.3. The lowest BCUT2D eigenvalue weighted by molar-refractivity contribution is 0.0988. The van der Waals surface area contributed by atoms with Crippen molar-refractivity contribution < 1.29 is 9.53 Å². The second-order valence-electron chi connectivity index (χ2n) is 5.51. The molecule has 1 heterocycles. The molecule has 0 fully saturated rings. The number of amides is 1. The van der Waals surface area contributed by atoms with Gasteiger partial charge in [0.2, 0.25) is 0 Å². The lowest BCUT2D eigenvalue weighted by atomic mass is 10.1. The molecule has 2 aromatic carbocycles. The standard InChI is InChI=1S/C19H17ClN2O2S/c1-13-4-3-5-16(20)18(13)22(19(23)17-10-21-12-25-17)11-14-6-8-15(24-2)9-7-14/h3-10,12H,11H2,1-2H3. The Bertz CT molecular complexity index is 843. The van der Waals surface area contributed by atoms with Crippen molar-refractivity contribution in [3.63, 3.8) is 0 Å². The molecular formula is C19H17ClN2O2S. The number of halogens is 1. The van der Waals surface area contributed by atoms with Crippen LogP contribution in [0.3, 0.4) is 0 Å². The molecule has 0 saturated heterocycles. The van der Waals surface area contributed by atoms with Crippen LogP contribution in [-0.2, 0) is 6.54 Å². The van der Waals surface area contributed by atoms with Crippen molar-refractivity contribution in [3.05, 3.63) is 75.2 Å². The van der Waals surface area contributed by atoms with E-state index in [0.29, 0.717) is 16.4 Å². The molecule has 1 amide bonds. The Balaban J connectivity index is 2.01. The first-order chi connectivity index (χ1) is 12.1. The van der Waals surface area contributed by atoms with Gasteiger partial charge in [-0.2, -0.15) is 0 Å². The molecule has 0 saturated carbocycles. The fourth-order valence-corrected chi connectivity index (χ4v) is 3.48. The molecule has 6 heteroatoms. The number of aryl methyl sites for hydroxylation is 1. The van der Waals surface area contributed by atoms with Crippen molar-refractivity contribution in [3.8, 4) is 5.75 Å². The summed E-state index contributed by atoms with van der Waals surface area (Å²) in [7, 11) is 1.63. The highest BCUT2D eigenvalue weighted by atomic mass is 35.5. The lowest BCUT2D eigenvalue weighted by Gasteiger charge is -2.25. The number of hydrogen-bond acceptors (Lipinski definition) is 4. The van der Waals surface area contributed by atoms with Crippen LogP contribution in [-0.4, -0.2) is 18.0 Å². The fourth-order valence-electron chi connectivity index (χ4n) is 2.59. The number of para-hydroxylation sites is 1. The molecule has 4 nitrogen and oxygen atoms in total. The molecule has 3 aromatic rings. The molecule has 0 aliphatic carbocycles. The minimum atomic E-state index is -0.116. The summed E-state index contributed by atoms with van der Waals surface area (Å²) in [5.41, 5.74) is 4.30. The minimum Gasteiger partial charge on any atom is -0.497 e. The minimum absolute atomic E-state index is 0.116. The Kier molecular flexibility index (Phi) is 5.36. The van der Waals surface area contributed by atoms with Gasteiger partial charge in [-0.25, -0.2) is 0 Å². The van der Waals surface area contributed by atoms with Crippen molar-refractivity contribution in [2.24, 2.45) is 0 Å². The van der Waals surface area contributed by atoms with Gasteiger partial charge in [-0.05, 0) is 36.2 Å². The summed E-state index contributed by atoms with van der Waals surface area (Å²) in [6.07, 6.45) is 1.58. The monoisotopic (exact) mass is 372 g/mol. The van der Waals surface area contributed by atoms with Gasteiger partial charge in [0.25, 0.3) is 5.91 Å². The molecule has 0 N–H and O–H groups in total. The summed E-state index contributed by atoms with van der Waals surface area (Å²) in [6.45, 7) is 2.35. The highest BCUT2D eigenvalue weighted by Crippen LogP contribution is 2.32. The van der Waals surface area contributed by atoms with Crippen LogP contribution in [0, 0.1) is 6.92 Å². The maximum atomic E-state index is 13.1. The van der Waals surface area contributed by atoms with Crippen LogP contribution >= 0.6 is 22.9 Å². The maximum absolute atomic E-state index is 13.1. The third kappa shape index (κ3) is 3.83. The van der Waals surface area contributed by atoms with Crippen LogP contribution < -0.4 is 9.64 Å². The Morgan fingerprint density at radius 1 is 1.24 bits per heavy atom. The number of hydrogen-bond donors (Lipinski definition) is 0. The van der Waals surface area contributed by atoms with Gasteiger partial charge in [-0.1, -0.05) is 35.9 Å². The molecule has 0 atom stereocenters. The van der Waals surface area contributed by atoms with Crippen LogP contribution in [0.1, 0.15) is 20.8 Å². The third-order valence-corrected chi connectivity index (χ3v) is 4.91. The van der Waals surface area contributed by atoms with E-state index in [2.05, 4.69) is 4.98 Å². The van der Waals surface area contributed by atoms with Gasteiger partial charge in [-0.3, -0.25) is 9.78 Å². The van der Waals surface area contributed by atoms with Crippen molar-refractivity contribution in [1.82, 2.24) is 4.98 Å². The smallest absolute Gasteiger partial charge is 0.270 e. The highest BCUT2D eigenvalue weighted by molar-refractivity contribution is 7.11. The van der Waals surface area contributed by atoms with Crippen molar-refractivity contribution in [1.29, 1.82) is 0 Å². The number of benzene rings is 2. The van der Waals surface area contributed by atoms with Gasteiger partial charge < -0.3 is 9.64 Å². The van der Waals surface area contributed by atoms with E-state index in [9.17, 15) is 4.79 Å². The Labute approximate surface area is 155 Å².